The molecule has 0 aliphatic heterocycles. The molecule has 0 aromatic rings. The molecule has 2 heteroatoms. The zero-order valence-corrected chi connectivity index (χ0v) is 12.2. The Morgan fingerprint density at radius 3 is 1.71 bits per heavy atom. The zero-order valence-electron chi connectivity index (χ0n) is 12.2. The fourth-order valence-electron chi connectivity index (χ4n) is 2.80. The van der Waals surface area contributed by atoms with E-state index in [9.17, 15) is 4.79 Å². The van der Waals surface area contributed by atoms with Crippen molar-refractivity contribution in [2.75, 3.05) is 6.61 Å². The summed E-state index contributed by atoms with van der Waals surface area (Å²) >= 11 is 0. The molecule has 0 aromatic carbocycles. The summed E-state index contributed by atoms with van der Waals surface area (Å²) in [5.74, 6) is 0.00204. The summed E-state index contributed by atoms with van der Waals surface area (Å²) < 4.78 is 5.25. The summed E-state index contributed by atoms with van der Waals surface area (Å²) in [6.45, 7) is 9.22. The van der Waals surface area contributed by atoms with Crippen molar-refractivity contribution in [2.45, 2.75) is 79.1 Å². The van der Waals surface area contributed by atoms with E-state index in [1.165, 1.54) is 0 Å². The lowest BCUT2D eigenvalue weighted by Gasteiger charge is -2.32. The van der Waals surface area contributed by atoms with E-state index in [1.807, 2.05) is 6.92 Å². The predicted octanol–water partition coefficient (Wildman–Crippen LogP) is 4.72. The van der Waals surface area contributed by atoms with Crippen molar-refractivity contribution >= 4 is 5.97 Å². The molecular formula is C15H30O2. The van der Waals surface area contributed by atoms with Crippen LogP contribution in [-0.2, 0) is 9.53 Å². The third-order valence-electron chi connectivity index (χ3n) is 3.33. The Balaban J connectivity index is 4.46. The van der Waals surface area contributed by atoms with E-state index in [0.717, 1.165) is 44.9 Å². The largest absolute Gasteiger partial charge is 0.466 e. The van der Waals surface area contributed by atoms with Crippen LogP contribution in [0.4, 0.5) is 0 Å². The predicted molar refractivity (Wildman–Crippen MR) is 73.0 cm³/mol. The molecule has 17 heavy (non-hydrogen) atoms. The van der Waals surface area contributed by atoms with Gasteiger partial charge in [-0.3, -0.25) is 4.79 Å². The van der Waals surface area contributed by atoms with E-state index >= 15 is 0 Å². The van der Waals surface area contributed by atoms with Crippen LogP contribution in [0, 0.1) is 5.41 Å². The Bertz CT molecular complexity index is 182. The summed E-state index contributed by atoms with van der Waals surface area (Å²) in [6.07, 6.45) is 8.43. The highest BCUT2D eigenvalue weighted by molar-refractivity contribution is 5.70. The second kappa shape index (κ2) is 9.49. The van der Waals surface area contributed by atoms with Crippen LogP contribution in [0.25, 0.3) is 0 Å². The molecule has 102 valence electrons. The van der Waals surface area contributed by atoms with E-state index in [-0.39, 0.29) is 11.4 Å². The first-order chi connectivity index (χ1) is 8.14. The molecule has 0 unspecified atom stereocenters. The molecule has 0 saturated carbocycles. The molecule has 0 aliphatic carbocycles. The van der Waals surface area contributed by atoms with Crippen molar-refractivity contribution in [3.8, 4) is 0 Å². The van der Waals surface area contributed by atoms with Gasteiger partial charge >= 0.3 is 5.97 Å². The Kier molecular flexibility index (Phi) is 9.20. The van der Waals surface area contributed by atoms with Gasteiger partial charge in [0.15, 0.2) is 0 Å². The lowest BCUT2D eigenvalue weighted by atomic mass is 9.73. The second-order valence-electron chi connectivity index (χ2n) is 5.15. The first kappa shape index (κ1) is 16.5. The summed E-state index contributed by atoms with van der Waals surface area (Å²) in [4.78, 5) is 11.8. The average molecular weight is 242 g/mol. The van der Waals surface area contributed by atoms with E-state index < -0.39 is 0 Å². The fraction of sp³-hybridized carbons (Fsp3) is 0.933. The molecule has 0 amide bonds. The van der Waals surface area contributed by atoms with Gasteiger partial charge in [-0.2, -0.15) is 0 Å². The highest BCUT2D eigenvalue weighted by Crippen LogP contribution is 2.38. The normalized spacial score (nSPS) is 11.5. The minimum absolute atomic E-state index is 0.00204. The summed E-state index contributed by atoms with van der Waals surface area (Å²) in [7, 11) is 0. The van der Waals surface area contributed by atoms with E-state index in [4.69, 9.17) is 4.74 Å². The fourth-order valence-corrected chi connectivity index (χ4v) is 2.80. The highest BCUT2D eigenvalue weighted by atomic mass is 16.5. The minimum Gasteiger partial charge on any atom is -0.466 e. The van der Waals surface area contributed by atoms with Crippen molar-refractivity contribution in [1.29, 1.82) is 0 Å². The maximum Gasteiger partial charge on any atom is 0.306 e. The van der Waals surface area contributed by atoms with Gasteiger partial charge < -0.3 is 4.74 Å². The smallest absolute Gasteiger partial charge is 0.306 e. The Morgan fingerprint density at radius 1 is 0.882 bits per heavy atom. The van der Waals surface area contributed by atoms with Crippen LogP contribution in [0.3, 0.4) is 0 Å². The van der Waals surface area contributed by atoms with Crippen LogP contribution in [0.5, 0.6) is 0 Å². The van der Waals surface area contributed by atoms with E-state index in [1.54, 1.807) is 0 Å². The molecule has 0 atom stereocenters. The Morgan fingerprint density at radius 2 is 1.35 bits per heavy atom. The van der Waals surface area contributed by atoms with Crippen molar-refractivity contribution in [1.82, 2.24) is 0 Å². The Hall–Kier alpha value is -0.530. The lowest BCUT2D eigenvalue weighted by molar-refractivity contribution is -0.147. The van der Waals surface area contributed by atoms with Gasteiger partial charge in [-0.15, -0.1) is 0 Å². The van der Waals surface area contributed by atoms with Gasteiger partial charge in [-0.25, -0.2) is 0 Å². The molecule has 0 fully saturated rings. The number of esters is 1. The van der Waals surface area contributed by atoms with E-state index in [0.29, 0.717) is 13.0 Å². The number of hydrogen-bond donors (Lipinski definition) is 0. The van der Waals surface area contributed by atoms with Crippen molar-refractivity contribution in [3.63, 3.8) is 0 Å². The van der Waals surface area contributed by atoms with Crippen LogP contribution in [0.15, 0.2) is 0 Å². The summed E-state index contributed by atoms with van der Waals surface area (Å²) in [6, 6.07) is 0. The molecule has 0 saturated heterocycles. The summed E-state index contributed by atoms with van der Waals surface area (Å²) in [5, 5.41) is 0. The monoisotopic (exact) mass is 242 g/mol. The van der Waals surface area contributed by atoms with Gasteiger partial charge in [0, 0.05) is 0 Å². The number of rotatable bonds is 10. The molecule has 0 bridgehead atoms. The van der Waals surface area contributed by atoms with Gasteiger partial charge in [0.25, 0.3) is 0 Å². The number of carbonyl (C=O) groups excluding carboxylic acids is 1. The van der Waals surface area contributed by atoms with Gasteiger partial charge in [0.2, 0.25) is 0 Å². The van der Waals surface area contributed by atoms with Crippen LogP contribution >= 0.6 is 0 Å². The van der Waals surface area contributed by atoms with Gasteiger partial charge in [-0.05, 0) is 31.1 Å². The number of ether oxygens (including phenoxy) is 1. The first-order valence-corrected chi connectivity index (χ1v) is 7.29. The van der Waals surface area contributed by atoms with Crippen molar-refractivity contribution in [2.24, 2.45) is 5.41 Å². The van der Waals surface area contributed by atoms with Gasteiger partial charge in [0.1, 0.15) is 0 Å². The second-order valence-corrected chi connectivity index (χ2v) is 5.15. The molecule has 0 aromatic heterocycles. The molecule has 0 spiro atoms. The number of hydrogen-bond acceptors (Lipinski definition) is 2. The summed E-state index contributed by atoms with van der Waals surface area (Å²) in [5.41, 5.74) is 0.197. The molecule has 0 N–H and O–H groups in total. The van der Waals surface area contributed by atoms with Crippen LogP contribution in [-0.4, -0.2) is 12.6 Å². The van der Waals surface area contributed by atoms with Gasteiger partial charge in [0.05, 0.1) is 13.0 Å². The zero-order chi connectivity index (χ0) is 13.1. The SMILES string of the molecule is CCCOC(=O)CC(CCC)(CCC)CCC. The molecule has 0 aliphatic rings. The maximum atomic E-state index is 11.8. The average Bonchev–Trinajstić information content (AvgIpc) is 2.27. The lowest BCUT2D eigenvalue weighted by Crippen LogP contribution is -2.25. The quantitative estimate of drug-likeness (QED) is 0.518. The molecule has 0 radical (unpaired) electrons. The molecule has 0 rings (SSSR count). The molecular weight excluding hydrogens is 212 g/mol. The molecule has 0 heterocycles. The van der Waals surface area contributed by atoms with Crippen molar-refractivity contribution < 1.29 is 9.53 Å². The Labute approximate surface area is 107 Å². The first-order valence-electron chi connectivity index (χ1n) is 7.29. The van der Waals surface area contributed by atoms with Crippen LogP contribution in [0.2, 0.25) is 0 Å². The number of carbonyl (C=O) groups is 1. The minimum atomic E-state index is 0.00204. The standard InChI is InChI=1S/C15H30O2/c1-5-9-15(10-6-2,11-7-3)13-14(16)17-12-8-4/h5-13H2,1-4H3. The third-order valence-corrected chi connectivity index (χ3v) is 3.33. The van der Waals surface area contributed by atoms with Crippen LogP contribution in [0.1, 0.15) is 79.1 Å². The topological polar surface area (TPSA) is 26.3 Å². The highest BCUT2D eigenvalue weighted by Gasteiger charge is 2.30. The third kappa shape index (κ3) is 6.70. The van der Waals surface area contributed by atoms with Crippen LogP contribution < -0.4 is 0 Å². The van der Waals surface area contributed by atoms with E-state index in [2.05, 4.69) is 20.8 Å². The van der Waals surface area contributed by atoms with Crippen molar-refractivity contribution in [3.05, 3.63) is 0 Å². The van der Waals surface area contributed by atoms with Gasteiger partial charge in [-0.1, -0.05) is 47.0 Å². The maximum absolute atomic E-state index is 11.8. The molecule has 2 nitrogen and oxygen atoms in total.